The molecule has 0 saturated heterocycles. The quantitative estimate of drug-likeness (QED) is 0.612. The summed E-state index contributed by atoms with van der Waals surface area (Å²) in [4.78, 5) is 11.2. The normalized spacial score (nSPS) is 11.4. The van der Waals surface area contributed by atoms with Gasteiger partial charge >= 0.3 is 6.18 Å². The summed E-state index contributed by atoms with van der Waals surface area (Å²) in [6.07, 6.45) is -4.68. The molecule has 1 aromatic rings. The van der Waals surface area contributed by atoms with Crippen LogP contribution < -0.4 is 4.90 Å². The molecule has 0 heterocycles. The number of halogens is 3. The fourth-order valence-electron chi connectivity index (χ4n) is 1.71. The molecule has 0 aliphatic carbocycles. The summed E-state index contributed by atoms with van der Waals surface area (Å²) in [6.45, 7) is -0.768. The number of rotatable bonds is 6. The van der Waals surface area contributed by atoms with Gasteiger partial charge < -0.3 is 15.1 Å². The van der Waals surface area contributed by atoms with E-state index in [0.29, 0.717) is 6.07 Å². The van der Waals surface area contributed by atoms with E-state index in [9.17, 15) is 23.3 Å². The Morgan fingerprint density at radius 1 is 1.20 bits per heavy atom. The smallest absolute Gasteiger partial charge is 0.395 e. The van der Waals surface area contributed by atoms with E-state index in [1.165, 1.54) is 4.90 Å². The minimum absolute atomic E-state index is 0.0350. The van der Waals surface area contributed by atoms with Crippen LogP contribution >= 0.6 is 0 Å². The topological polar surface area (TPSA) is 86.8 Å². The Kier molecular flexibility index (Phi) is 5.28. The monoisotopic (exact) mass is 294 g/mol. The Hall–Kier alpha value is -1.87. The van der Waals surface area contributed by atoms with Crippen molar-refractivity contribution in [3.05, 3.63) is 33.9 Å². The highest BCUT2D eigenvalue weighted by Gasteiger charge is 2.33. The predicted molar refractivity (Wildman–Crippen MR) is 64.5 cm³/mol. The number of nitro benzene ring substituents is 1. The summed E-state index contributed by atoms with van der Waals surface area (Å²) in [6, 6.07) is 2.13. The van der Waals surface area contributed by atoms with Crippen LogP contribution in [0.2, 0.25) is 0 Å². The molecule has 9 heteroatoms. The minimum Gasteiger partial charge on any atom is -0.395 e. The largest absolute Gasteiger partial charge is 0.416 e. The van der Waals surface area contributed by atoms with Crippen molar-refractivity contribution in [2.24, 2.45) is 0 Å². The van der Waals surface area contributed by atoms with Crippen molar-refractivity contribution in [1.29, 1.82) is 0 Å². The number of benzene rings is 1. The van der Waals surface area contributed by atoms with Crippen molar-refractivity contribution in [1.82, 2.24) is 0 Å². The second-order valence-electron chi connectivity index (χ2n) is 3.89. The Balaban J connectivity index is 3.28. The van der Waals surface area contributed by atoms with Gasteiger partial charge in [0.1, 0.15) is 5.69 Å². The van der Waals surface area contributed by atoms with Crippen molar-refractivity contribution in [3.8, 4) is 0 Å². The first kappa shape index (κ1) is 16.2. The average Bonchev–Trinajstić information content (AvgIpc) is 2.36. The zero-order valence-corrected chi connectivity index (χ0v) is 10.3. The molecule has 0 fully saturated rings. The Bertz CT molecular complexity index is 473. The van der Waals surface area contributed by atoms with Gasteiger partial charge in [-0.2, -0.15) is 13.2 Å². The molecule has 112 valence electrons. The lowest BCUT2D eigenvalue weighted by atomic mass is 10.1. The lowest BCUT2D eigenvalue weighted by molar-refractivity contribution is -0.384. The van der Waals surface area contributed by atoms with Crippen LogP contribution in [-0.4, -0.2) is 41.4 Å². The number of hydrogen-bond acceptors (Lipinski definition) is 5. The molecule has 20 heavy (non-hydrogen) atoms. The minimum atomic E-state index is -4.68. The number of alkyl halides is 3. The fraction of sp³-hybridized carbons (Fsp3) is 0.455. The molecule has 0 radical (unpaired) electrons. The molecule has 0 aromatic heterocycles. The van der Waals surface area contributed by atoms with Gasteiger partial charge in [-0.3, -0.25) is 10.1 Å². The molecule has 6 nitrogen and oxygen atoms in total. The second kappa shape index (κ2) is 6.53. The molecule has 0 amide bonds. The zero-order valence-electron chi connectivity index (χ0n) is 10.3. The molecular weight excluding hydrogens is 281 g/mol. The first-order chi connectivity index (χ1) is 9.31. The van der Waals surface area contributed by atoms with Crippen LogP contribution in [0.3, 0.4) is 0 Å². The summed E-state index contributed by atoms with van der Waals surface area (Å²) in [5.74, 6) is 0. The predicted octanol–water partition coefficient (Wildman–Crippen LogP) is 1.40. The van der Waals surface area contributed by atoms with E-state index in [2.05, 4.69) is 0 Å². The van der Waals surface area contributed by atoms with Crippen LogP contribution in [0.25, 0.3) is 0 Å². The first-order valence-electron chi connectivity index (χ1n) is 5.63. The summed E-state index contributed by atoms with van der Waals surface area (Å²) < 4.78 is 37.6. The number of aliphatic hydroxyl groups excluding tert-OH is 2. The Morgan fingerprint density at radius 3 is 2.15 bits per heavy atom. The van der Waals surface area contributed by atoms with Gasteiger partial charge in [0.2, 0.25) is 0 Å². The van der Waals surface area contributed by atoms with Crippen LogP contribution in [0, 0.1) is 10.1 Å². The van der Waals surface area contributed by atoms with Gasteiger partial charge in [-0.25, -0.2) is 0 Å². The van der Waals surface area contributed by atoms with E-state index in [1.54, 1.807) is 0 Å². The van der Waals surface area contributed by atoms with Crippen molar-refractivity contribution >= 4 is 11.4 Å². The Labute approximate surface area is 112 Å². The van der Waals surface area contributed by atoms with Crippen LogP contribution in [0.1, 0.15) is 5.56 Å². The van der Waals surface area contributed by atoms with E-state index in [1.807, 2.05) is 0 Å². The van der Waals surface area contributed by atoms with Crippen LogP contribution in [-0.2, 0) is 6.18 Å². The van der Waals surface area contributed by atoms with Gasteiger partial charge in [0, 0.05) is 19.2 Å². The molecule has 2 N–H and O–H groups in total. The van der Waals surface area contributed by atoms with E-state index in [4.69, 9.17) is 10.2 Å². The lowest BCUT2D eigenvalue weighted by Gasteiger charge is -2.23. The van der Waals surface area contributed by atoms with E-state index in [0.717, 1.165) is 12.1 Å². The molecule has 0 atom stereocenters. The SMILES string of the molecule is O=[N+]([O-])c1cc(C(F)(F)F)ccc1N(CCO)CCO. The standard InChI is InChI=1S/C11H13F3N2O4/c12-11(13,14)8-1-2-9(10(7-8)16(19)20)15(3-5-17)4-6-18/h1-2,7,17-18H,3-6H2. The Morgan fingerprint density at radius 2 is 1.75 bits per heavy atom. The van der Waals surface area contributed by atoms with Gasteiger partial charge in [0.25, 0.3) is 5.69 Å². The van der Waals surface area contributed by atoms with Crippen molar-refractivity contribution in [3.63, 3.8) is 0 Å². The van der Waals surface area contributed by atoms with Gasteiger partial charge in [0.15, 0.2) is 0 Å². The summed E-state index contributed by atoms with van der Waals surface area (Å²) in [5, 5.41) is 28.6. The number of anilines is 1. The van der Waals surface area contributed by atoms with Crippen LogP contribution in [0.5, 0.6) is 0 Å². The third-order valence-electron chi connectivity index (χ3n) is 2.58. The van der Waals surface area contributed by atoms with E-state index in [-0.39, 0.29) is 32.0 Å². The number of aliphatic hydroxyl groups is 2. The molecule has 0 spiro atoms. The van der Waals surface area contributed by atoms with E-state index >= 15 is 0 Å². The van der Waals surface area contributed by atoms with Crippen LogP contribution in [0.15, 0.2) is 18.2 Å². The molecule has 0 aliphatic rings. The van der Waals surface area contributed by atoms with E-state index < -0.39 is 22.4 Å². The molecule has 0 saturated carbocycles. The molecular formula is C11H13F3N2O4. The zero-order chi connectivity index (χ0) is 15.3. The van der Waals surface area contributed by atoms with Gasteiger partial charge in [-0.1, -0.05) is 0 Å². The highest BCUT2D eigenvalue weighted by molar-refractivity contribution is 5.64. The van der Waals surface area contributed by atoms with Crippen molar-refractivity contribution in [2.75, 3.05) is 31.2 Å². The third-order valence-corrected chi connectivity index (χ3v) is 2.58. The summed E-state index contributed by atoms with van der Waals surface area (Å²) in [5.41, 5.74) is -1.92. The number of hydrogen-bond donors (Lipinski definition) is 2. The van der Waals surface area contributed by atoms with Crippen LogP contribution in [0.4, 0.5) is 24.5 Å². The summed E-state index contributed by atoms with van der Waals surface area (Å²) in [7, 11) is 0. The highest BCUT2D eigenvalue weighted by atomic mass is 19.4. The van der Waals surface area contributed by atoms with Crippen molar-refractivity contribution in [2.45, 2.75) is 6.18 Å². The average molecular weight is 294 g/mol. The number of nitro groups is 1. The number of nitrogens with zero attached hydrogens (tertiary/aromatic N) is 2. The van der Waals surface area contributed by atoms with Crippen molar-refractivity contribution < 1.29 is 28.3 Å². The molecule has 1 aromatic carbocycles. The molecule has 0 aliphatic heterocycles. The second-order valence-corrected chi connectivity index (χ2v) is 3.89. The summed E-state index contributed by atoms with van der Waals surface area (Å²) >= 11 is 0. The molecule has 0 unspecified atom stereocenters. The maximum absolute atomic E-state index is 12.5. The third kappa shape index (κ3) is 3.81. The maximum Gasteiger partial charge on any atom is 0.416 e. The molecule has 0 bridgehead atoms. The first-order valence-corrected chi connectivity index (χ1v) is 5.63. The molecule has 1 rings (SSSR count). The maximum atomic E-state index is 12.5. The lowest BCUT2D eigenvalue weighted by Crippen LogP contribution is -2.30. The van der Waals surface area contributed by atoms with Gasteiger partial charge in [-0.05, 0) is 12.1 Å². The van der Waals surface area contributed by atoms with Gasteiger partial charge in [0.05, 0.1) is 23.7 Å². The highest BCUT2D eigenvalue weighted by Crippen LogP contribution is 2.36. The fourth-order valence-corrected chi connectivity index (χ4v) is 1.71. The van der Waals surface area contributed by atoms with Gasteiger partial charge in [-0.15, -0.1) is 0 Å².